The molecule has 5 rings (SSSR count). The third-order valence-corrected chi connectivity index (χ3v) is 6.27. The Bertz CT molecular complexity index is 1250. The summed E-state index contributed by atoms with van der Waals surface area (Å²) >= 11 is 0. The SMILES string of the molecule is Cc1cc(CN(C(=O)c2cccc3cccnc23)[C@H]2CCCc3ccccc32)n(C)n1. The average Bonchev–Trinajstić information content (AvgIpc) is 3.12. The van der Waals surface area contributed by atoms with Crippen LogP contribution >= 0.6 is 0 Å². The van der Waals surface area contributed by atoms with Crippen LogP contribution < -0.4 is 0 Å². The van der Waals surface area contributed by atoms with Gasteiger partial charge in [0.15, 0.2) is 0 Å². The number of amides is 1. The molecule has 5 heteroatoms. The highest BCUT2D eigenvalue weighted by Crippen LogP contribution is 2.36. The molecule has 1 aliphatic carbocycles. The third kappa shape index (κ3) is 3.61. The zero-order chi connectivity index (χ0) is 21.4. The predicted molar refractivity (Wildman–Crippen MR) is 122 cm³/mol. The van der Waals surface area contributed by atoms with Gasteiger partial charge >= 0.3 is 0 Å². The third-order valence-electron chi connectivity index (χ3n) is 6.27. The van der Waals surface area contributed by atoms with Gasteiger partial charge in [-0.3, -0.25) is 14.5 Å². The van der Waals surface area contributed by atoms with Crippen LogP contribution in [0.15, 0.2) is 66.9 Å². The summed E-state index contributed by atoms with van der Waals surface area (Å²) in [6.07, 6.45) is 4.85. The molecule has 0 fully saturated rings. The molecule has 0 saturated carbocycles. The van der Waals surface area contributed by atoms with E-state index in [1.807, 2.05) is 53.9 Å². The minimum Gasteiger partial charge on any atom is -0.326 e. The van der Waals surface area contributed by atoms with Crippen molar-refractivity contribution in [2.24, 2.45) is 7.05 Å². The Morgan fingerprint density at radius 2 is 1.97 bits per heavy atom. The van der Waals surface area contributed by atoms with Crippen LogP contribution in [-0.4, -0.2) is 25.6 Å². The maximum absolute atomic E-state index is 14.0. The maximum atomic E-state index is 14.0. The molecule has 156 valence electrons. The second-order valence-corrected chi connectivity index (χ2v) is 8.32. The number of benzene rings is 2. The van der Waals surface area contributed by atoms with Gasteiger partial charge in [0, 0.05) is 18.6 Å². The Hall–Kier alpha value is -3.47. The zero-order valence-electron chi connectivity index (χ0n) is 18.0. The number of pyridine rings is 1. The fourth-order valence-electron chi connectivity index (χ4n) is 4.79. The van der Waals surface area contributed by atoms with Crippen molar-refractivity contribution in [3.8, 4) is 0 Å². The summed E-state index contributed by atoms with van der Waals surface area (Å²) in [6, 6.07) is 20.4. The molecule has 0 unspecified atom stereocenters. The van der Waals surface area contributed by atoms with Gasteiger partial charge in [-0.15, -0.1) is 0 Å². The summed E-state index contributed by atoms with van der Waals surface area (Å²) in [7, 11) is 1.94. The number of rotatable bonds is 4. The number of hydrogen-bond donors (Lipinski definition) is 0. The molecule has 0 radical (unpaired) electrons. The molecular weight excluding hydrogens is 384 g/mol. The van der Waals surface area contributed by atoms with Gasteiger partial charge in [-0.25, -0.2) is 0 Å². The van der Waals surface area contributed by atoms with Crippen molar-refractivity contribution in [1.82, 2.24) is 19.7 Å². The summed E-state index contributed by atoms with van der Waals surface area (Å²) in [6.45, 7) is 2.50. The Labute approximate surface area is 182 Å². The smallest absolute Gasteiger partial charge is 0.256 e. The van der Waals surface area contributed by atoms with E-state index < -0.39 is 0 Å². The summed E-state index contributed by atoms with van der Waals surface area (Å²) < 4.78 is 1.88. The number of carbonyl (C=O) groups excluding carboxylic acids is 1. The number of nitrogens with zero attached hydrogens (tertiary/aromatic N) is 4. The van der Waals surface area contributed by atoms with Gasteiger partial charge in [0.25, 0.3) is 5.91 Å². The van der Waals surface area contributed by atoms with Gasteiger partial charge in [-0.05, 0) is 55.5 Å². The van der Waals surface area contributed by atoms with E-state index in [4.69, 9.17) is 0 Å². The Kier molecular flexibility index (Phi) is 5.02. The van der Waals surface area contributed by atoms with Crippen LogP contribution in [0.25, 0.3) is 10.9 Å². The number of aryl methyl sites for hydroxylation is 3. The largest absolute Gasteiger partial charge is 0.326 e. The molecule has 31 heavy (non-hydrogen) atoms. The fourth-order valence-corrected chi connectivity index (χ4v) is 4.79. The number of hydrogen-bond acceptors (Lipinski definition) is 3. The molecule has 0 aliphatic heterocycles. The van der Waals surface area contributed by atoms with Crippen LogP contribution in [0.2, 0.25) is 0 Å². The van der Waals surface area contributed by atoms with E-state index >= 15 is 0 Å². The van der Waals surface area contributed by atoms with Crippen molar-refractivity contribution in [2.45, 2.75) is 38.8 Å². The molecule has 0 bridgehead atoms. The second-order valence-electron chi connectivity index (χ2n) is 8.32. The molecule has 1 amide bonds. The van der Waals surface area contributed by atoms with E-state index in [1.165, 1.54) is 11.1 Å². The number of carbonyl (C=O) groups is 1. The van der Waals surface area contributed by atoms with Gasteiger partial charge in [-0.1, -0.05) is 42.5 Å². The molecular formula is C26H26N4O. The lowest BCUT2D eigenvalue weighted by atomic mass is 9.86. The minimum atomic E-state index is 0.0184. The molecule has 1 aliphatic rings. The lowest BCUT2D eigenvalue weighted by Crippen LogP contribution is -2.37. The normalized spacial score (nSPS) is 15.6. The molecule has 0 N–H and O–H groups in total. The van der Waals surface area contributed by atoms with Crippen molar-refractivity contribution in [2.75, 3.05) is 0 Å². The number of fused-ring (bicyclic) bond motifs is 2. The summed E-state index contributed by atoms with van der Waals surface area (Å²) in [4.78, 5) is 20.6. The Morgan fingerprint density at radius 1 is 1.13 bits per heavy atom. The van der Waals surface area contributed by atoms with E-state index in [2.05, 4.69) is 40.4 Å². The number of aromatic nitrogens is 3. The van der Waals surface area contributed by atoms with Crippen LogP contribution in [0.1, 0.15) is 51.8 Å². The molecule has 0 saturated heterocycles. The fraction of sp³-hybridized carbons (Fsp3) is 0.269. The quantitative estimate of drug-likeness (QED) is 0.476. The van der Waals surface area contributed by atoms with Gasteiger partial charge in [0.05, 0.1) is 35.1 Å². The minimum absolute atomic E-state index is 0.0184. The molecule has 4 aromatic rings. The van der Waals surface area contributed by atoms with Crippen LogP contribution in [-0.2, 0) is 20.0 Å². The highest BCUT2D eigenvalue weighted by molar-refractivity contribution is 6.05. The van der Waals surface area contributed by atoms with Crippen LogP contribution in [0, 0.1) is 6.92 Å². The molecule has 2 heterocycles. The van der Waals surface area contributed by atoms with E-state index in [9.17, 15) is 4.79 Å². The summed E-state index contributed by atoms with van der Waals surface area (Å²) in [5, 5.41) is 5.48. The predicted octanol–water partition coefficient (Wildman–Crippen LogP) is 5.00. The van der Waals surface area contributed by atoms with Gasteiger partial charge < -0.3 is 4.90 Å². The lowest BCUT2D eigenvalue weighted by molar-refractivity contribution is 0.0634. The van der Waals surface area contributed by atoms with E-state index in [-0.39, 0.29) is 11.9 Å². The first-order valence-electron chi connectivity index (χ1n) is 10.8. The topological polar surface area (TPSA) is 51.0 Å². The summed E-state index contributed by atoms with van der Waals surface area (Å²) in [5.74, 6) is 0.0184. The average molecular weight is 411 g/mol. The lowest BCUT2D eigenvalue weighted by Gasteiger charge is -2.36. The van der Waals surface area contributed by atoms with Crippen molar-refractivity contribution in [3.05, 3.63) is 94.9 Å². The van der Waals surface area contributed by atoms with Crippen LogP contribution in [0.5, 0.6) is 0 Å². The first kappa shape index (κ1) is 19.5. The molecule has 5 nitrogen and oxygen atoms in total. The highest BCUT2D eigenvalue weighted by Gasteiger charge is 2.31. The van der Waals surface area contributed by atoms with E-state index in [1.54, 1.807) is 6.20 Å². The molecule has 2 aromatic heterocycles. The first-order valence-corrected chi connectivity index (χ1v) is 10.8. The maximum Gasteiger partial charge on any atom is 0.256 e. The first-order chi connectivity index (χ1) is 15.1. The van der Waals surface area contributed by atoms with Crippen molar-refractivity contribution in [3.63, 3.8) is 0 Å². The highest BCUT2D eigenvalue weighted by atomic mass is 16.2. The van der Waals surface area contributed by atoms with Crippen molar-refractivity contribution in [1.29, 1.82) is 0 Å². The Morgan fingerprint density at radius 3 is 2.81 bits per heavy atom. The van der Waals surface area contributed by atoms with E-state index in [0.717, 1.165) is 41.6 Å². The van der Waals surface area contributed by atoms with Crippen molar-refractivity contribution >= 4 is 16.8 Å². The van der Waals surface area contributed by atoms with Gasteiger partial charge in [0.1, 0.15) is 0 Å². The van der Waals surface area contributed by atoms with Crippen LogP contribution in [0.4, 0.5) is 0 Å². The standard InChI is InChI=1S/C26H26N4O/c1-18-16-21(29(2)28-18)17-30(24-14-6-9-19-8-3-4-12-22(19)24)26(31)23-13-5-10-20-11-7-15-27-25(20)23/h3-5,7-8,10-13,15-16,24H,6,9,14,17H2,1-2H3/t24-/m0/s1. The van der Waals surface area contributed by atoms with Gasteiger partial charge in [0.2, 0.25) is 0 Å². The number of para-hydroxylation sites is 1. The molecule has 2 aromatic carbocycles. The van der Waals surface area contributed by atoms with Gasteiger partial charge in [-0.2, -0.15) is 5.10 Å². The summed E-state index contributed by atoms with van der Waals surface area (Å²) in [5.41, 5.74) is 6.00. The second kappa shape index (κ2) is 7.99. The van der Waals surface area contributed by atoms with E-state index in [0.29, 0.717) is 12.1 Å². The zero-order valence-corrected chi connectivity index (χ0v) is 18.0. The van der Waals surface area contributed by atoms with Crippen LogP contribution in [0.3, 0.4) is 0 Å². The molecule has 0 spiro atoms. The van der Waals surface area contributed by atoms with Crippen molar-refractivity contribution < 1.29 is 4.79 Å². The monoisotopic (exact) mass is 410 g/mol. The Balaban J connectivity index is 1.62. The molecule has 1 atom stereocenters.